The van der Waals surface area contributed by atoms with Gasteiger partial charge >= 0.3 is 16.6 Å². The number of amides is 1. The lowest BCUT2D eigenvalue weighted by Gasteiger charge is -2.11. The summed E-state index contributed by atoms with van der Waals surface area (Å²) < 4.78 is 11.1. The summed E-state index contributed by atoms with van der Waals surface area (Å²) in [5.41, 5.74) is 0.952. The number of methoxy groups -OCH3 is 1. The summed E-state index contributed by atoms with van der Waals surface area (Å²) in [6.45, 7) is 1.70. The standard InChI is InChI=1S/C18H23N3O5S2/c1-10(27-16-18(24)26-20-21(16)2)14(22)19-15-13(17(23)25-3)11-8-6-4-5-7-9-12(11)28-15/h10H,4-9H2,1-3H3,(H-,19,20,22,23,24)/p+1. The topological polar surface area (TPSA) is 105 Å². The molecule has 0 radical (unpaired) electrons. The lowest BCUT2D eigenvalue weighted by atomic mass is 9.96. The molecule has 1 atom stereocenters. The number of anilines is 1. The minimum atomic E-state index is -0.555. The number of fused-ring (bicyclic) bond motifs is 1. The van der Waals surface area contributed by atoms with Gasteiger partial charge in [-0.25, -0.2) is 9.59 Å². The van der Waals surface area contributed by atoms with Crippen molar-refractivity contribution in [3.05, 3.63) is 26.4 Å². The number of nitrogens with one attached hydrogen (secondary N) is 2. The second-order valence-corrected chi connectivity index (χ2v) is 9.14. The van der Waals surface area contributed by atoms with Gasteiger partial charge in [0.15, 0.2) is 7.05 Å². The predicted octanol–water partition coefficient (Wildman–Crippen LogP) is 2.42. The second kappa shape index (κ2) is 8.95. The van der Waals surface area contributed by atoms with E-state index >= 15 is 0 Å². The minimum absolute atomic E-state index is 0.287. The molecule has 3 rings (SSSR count). The minimum Gasteiger partial charge on any atom is -0.465 e. The molecule has 0 aromatic carbocycles. The highest BCUT2D eigenvalue weighted by molar-refractivity contribution is 8.00. The van der Waals surface area contributed by atoms with Gasteiger partial charge in [0.2, 0.25) is 5.91 Å². The monoisotopic (exact) mass is 426 g/mol. The molecule has 10 heteroatoms. The fourth-order valence-corrected chi connectivity index (χ4v) is 5.33. The van der Waals surface area contributed by atoms with Crippen LogP contribution in [0.25, 0.3) is 0 Å². The van der Waals surface area contributed by atoms with Gasteiger partial charge in [-0.3, -0.25) is 9.32 Å². The van der Waals surface area contributed by atoms with Crippen molar-refractivity contribution in [3.8, 4) is 0 Å². The Morgan fingerprint density at radius 3 is 2.64 bits per heavy atom. The zero-order valence-electron chi connectivity index (χ0n) is 16.1. The highest BCUT2D eigenvalue weighted by atomic mass is 32.2. The molecule has 0 fully saturated rings. The molecule has 0 bridgehead atoms. The van der Waals surface area contributed by atoms with Crippen LogP contribution in [0.2, 0.25) is 0 Å². The van der Waals surface area contributed by atoms with E-state index in [4.69, 9.17) is 9.26 Å². The van der Waals surface area contributed by atoms with E-state index in [-0.39, 0.29) is 5.91 Å². The number of H-pyrrole nitrogens is 1. The Bertz CT molecular complexity index is 930. The summed E-state index contributed by atoms with van der Waals surface area (Å²) in [6.07, 6.45) is 6.14. The molecular weight excluding hydrogens is 402 g/mol. The molecule has 0 spiro atoms. The molecule has 152 valence electrons. The summed E-state index contributed by atoms with van der Waals surface area (Å²) in [5.74, 6) is -0.712. The van der Waals surface area contributed by atoms with Crippen LogP contribution in [0, 0.1) is 0 Å². The predicted molar refractivity (Wildman–Crippen MR) is 106 cm³/mol. The quantitative estimate of drug-likeness (QED) is 0.432. The van der Waals surface area contributed by atoms with Crippen LogP contribution in [0.4, 0.5) is 5.00 Å². The molecule has 1 amide bonds. The molecule has 2 aromatic heterocycles. The molecule has 0 saturated heterocycles. The summed E-state index contributed by atoms with van der Waals surface area (Å²) in [5, 5.41) is 5.58. The van der Waals surface area contributed by atoms with Crippen molar-refractivity contribution in [2.45, 2.75) is 55.7 Å². The highest BCUT2D eigenvalue weighted by Crippen LogP contribution is 2.38. The number of aryl methyl sites for hydroxylation is 2. The third-order valence-electron chi connectivity index (χ3n) is 4.71. The number of esters is 1. The van der Waals surface area contributed by atoms with Crippen LogP contribution in [0.3, 0.4) is 0 Å². The summed E-state index contributed by atoms with van der Waals surface area (Å²) in [6, 6.07) is 0. The van der Waals surface area contributed by atoms with Gasteiger partial charge in [0.05, 0.1) is 17.9 Å². The van der Waals surface area contributed by atoms with Crippen molar-refractivity contribution in [2.24, 2.45) is 7.05 Å². The number of hydrogen-bond acceptors (Lipinski definition) is 7. The van der Waals surface area contributed by atoms with E-state index in [1.165, 1.54) is 29.5 Å². The first-order chi connectivity index (χ1) is 13.4. The average molecular weight is 427 g/mol. The van der Waals surface area contributed by atoms with Gasteiger partial charge in [-0.2, -0.15) is 0 Å². The van der Waals surface area contributed by atoms with Gasteiger partial charge < -0.3 is 10.1 Å². The Morgan fingerprint density at radius 1 is 1.29 bits per heavy atom. The fourth-order valence-electron chi connectivity index (χ4n) is 3.22. The van der Waals surface area contributed by atoms with Crippen molar-refractivity contribution in [1.29, 1.82) is 0 Å². The second-order valence-electron chi connectivity index (χ2n) is 6.71. The lowest BCUT2D eigenvalue weighted by molar-refractivity contribution is -0.772. The molecule has 1 aliphatic carbocycles. The number of thioether (sulfide) groups is 1. The Hall–Kier alpha value is -2.07. The zero-order valence-corrected chi connectivity index (χ0v) is 17.8. The first kappa shape index (κ1) is 20.7. The molecule has 2 heterocycles. The molecule has 28 heavy (non-hydrogen) atoms. The number of carbonyl (C=O) groups is 2. The van der Waals surface area contributed by atoms with E-state index in [9.17, 15) is 14.4 Å². The first-order valence-electron chi connectivity index (χ1n) is 9.20. The van der Waals surface area contributed by atoms with Crippen LogP contribution in [0.5, 0.6) is 0 Å². The molecule has 1 unspecified atom stereocenters. The Balaban J connectivity index is 1.84. The molecule has 1 aliphatic rings. The van der Waals surface area contributed by atoms with Crippen LogP contribution in [-0.4, -0.2) is 29.5 Å². The summed E-state index contributed by atoms with van der Waals surface area (Å²) in [4.78, 5) is 38.0. The maximum absolute atomic E-state index is 12.7. The normalized spacial score (nSPS) is 15.2. The maximum atomic E-state index is 12.7. The molecule has 0 saturated carbocycles. The van der Waals surface area contributed by atoms with Crippen LogP contribution in [0.1, 0.15) is 53.4 Å². The van der Waals surface area contributed by atoms with Gasteiger partial charge in [-0.05, 0) is 55.2 Å². The summed E-state index contributed by atoms with van der Waals surface area (Å²) >= 11 is 2.55. The van der Waals surface area contributed by atoms with E-state index < -0.39 is 16.8 Å². The zero-order chi connectivity index (χ0) is 20.3. The third kappa shape index (κ3) is 4.33. The Morgan fingerprint density at radius 2 is 2.00 bits per heavy atom. The lowest BCUT2D eigenvalue weighted by Crippen LogP contribution is -2.35. The number of ether oxygens (including phenoxy) is 1. The molecule has 0 aliphatic heterocycles. The van der Waals surface area contributed by atoms with Crippen LogP contribution in [0.15, 0.2) is 14.3 Å². The van der Waals surface area contributed by atoms with E-state index in [0.717, 1.165) is 54.3 Å². The van der Waals surface area contributed by atoms with Gasteiger partial charge in [0, 0.05) is 4.88 Å². The smallest absolute Gasteiger partial charge is 0.441 e. The number of hydrogen-bond donors (Lipinski definition) is 2. The number of nitrogens with zero attached hydrogens (tertiary/aromatic N) is 1. The van der Waals surface area contributed by atoms with Crippen LogP contribution in [-0.2, 0) is 29.4 Å². The van der Waals surface area contributed by atoms with Crippen LogP contribution < -0.4 is 15.6 Å². The van der Waals surface area contributed by atoms with Crippen molar-refractivity contribution >= 4 is 40.0 Å². The van der Waals surface area contributed by atoms with E-state index in [2.05, 4.69) is 10.6 Å². The maximum Gasteiger partial charge on any atom is 0.441 e. The van der Waals surface area contributed by atoms with Crippen LogP contribution >= 0.6 is 23.1 Å². The molecular formula is C18H24N3O5S2+. The van der Waals surface area contributed by atoms with E-state index in [1.807, 2.05) is 0 Å². The number of thiophene rings is 1. The van der Waals surface area contributed by atoms with Gasteiger partial charge in [0.25, 0.3) is 0 Å². The summed E-state index contributed by atoms with van der Waals surface area (Å²) in [7, 11) is 2.98. The van der Waals surface area contributed by atoms with Crippen molar-refractivity contribution in [2.75, 3.05) is 12.4 Å². The van der Waals surface area contributed by atoms with Gasteiger partial charge in [-0.15, -0.1) is 11.3 Å². The van der Waals surface area contributed by atoms with E-state index in [0.29, 0.717) is 15.6 Å². The van der Waals surface area contributed by atoms with Gasteiger partial charge in [-0.1, -0.05) is 17.5 Å². The van der Waals surface area contributed by atoms with Crippen molar-refractivity contribution < 1.29 is 23.5 Å². The largest absolute Gasteiger partial charge is 0.465 e. The molecule has 8 nitrogen and oxygen atoms in total. The number of rotatable bonds is 5. The van der Waals surface area contributed by atoms with E-state index in [1.54, 1.807) is 14.0 Å². The highest BCUT2D eigenvalue weighted by Gasteiger charge is 2.29. The Kier molecular flexibility index (Phi) is 6.61. The Labute approximate surface area is 170 Å². The van der Waals surface area contributed by atoms with Gasteiger partial charge in [0.1, 0.15) is 5.00 Å². The SMILES string of the molecule is COC(=O)c1c(NC(=O)C(C)Sc2c(=O)o[nH][n+]2C)sc2c1CCCCCC2. The number of aromatic amines is 1. The fraction of sp³-hybridized carbons (Fsp3) is 0.556. The first-order valence-corrected chi connectivity index (χ1v) is 10.9. The molecule has 2 N–H and O–H groups in total. The van der Waals surface area contributed by atoms with Crippen molar-refractivity contribution in [1.82, 2.24) is 5.27 Å². The number of carbonyl (C=O) groups excluding carboxylic acids is 2. The third-order valence-corrected chi connectivity index (χ3v) is 7.15. The molecule has 2 aromatic rings. The average Bonchev–Trinajstić information content (AvgIpc) is 3.14. The van der Waals surface area contributed by atoms with Crippen molar-refractivity contribution in [3.63, 3.8) is 0 Å². The number of aromatic nitrogens is 2.